The lowest BCUT2D eigenvalue weighted by molar-refractivity contribution is -0.0660. The first-order valence-corrected chi connectivity index (χ1v) is 14.1. The molecule has 3 heterocycles. The number of benzene rings is 3. The summed E-state index contributed by atoms with van der Waals surface area (Å²) >= 11 is 6.46. The van der Waals surface area contributed by atoms with E-state index in [0.717, 1.165) is 67.1 Å². The monoisotopic (exact) mass is 543 g/mol. The van der Waals surface area contributed by atoms with Crippen LogP contribution in [0.1, 0.15) is 35.8 Å². The molecule has 2 fully saturated rings. The molecule has 7 nitrogen and oxygen atoms in total. The number of anilines is 1. The number of hydrogen-bond donors (Lipinski definition) is 2. The van der Waals surface area contributed by atoms with E-state index in [1.807, 2.05) is 42.5 Å². The fourth-order valence-electron chi connectivity index (χ4n) is 5.54. The summed E-state index contributed by atoms with van der Waals surface area (Å²) in [7, 11) is 0. The Morgan fingerprint density at radius 3 is 2.44 bits per heavy atom. The number of carbonyl (C=O) groups excluding carboxylic acids is 1. The third kappa shape index (κ3) is 5.26. The molecule has 0 spiro atoms. The summed E-state index contributed by atoms with van der Waals surface area (Å²) in [4.78, 5) is 18.3. The smallest absolute Gasteiger partial charge is 0.251 e. The summed E-state index contributed by atoms with van der Waals surface area (Å²) < 4.78 is 5.36. The van der Waals surface area contributed by atoms with Crippen molar-refractivity contribution in [1.29, 1.82) is 0 Å². The quantitative estimate of drug-likeness (QED) is 0.320. The number of H-pyrrole nitrogens is 1. The molecule has 0 bridgehead atoms. The first kappa shape index (κ1) is 25.9. The molecule has 2 aliphatic rings. The molecule has 202 valence electrons. The second-order valence-electron chi connectivity index (χ2n) is 10.8. The number of aromatic amines is 1. The van der Waals surface area contributed by atoms with Crippen LogP contribution in [0.2, 0.25) is 5.02 Å². The maximum Gasteiger partial charge on any atom is 0.251 e. The number of ether oxygens (including phenoxy) is 1. The number of fused-ring (bicyclic) bond motifs is 1. The summed E-state index contributed by atoms with van der Waals surface area (Å²) in [6.07, 6.45) is 0. The third-order valence-electron chi connectivity index (χ3n) is 7.98. The minimum Gasteiger partial charge on any atom is -0.378 e. The highest BCUT2D eigenvalue weighted by Crippen LogP contribution is 2.31. The number of aromatic nitrogens is 2. The van der Waals surface area contributed by atoms with Crippen LogP contribution in [0.4, 0.5) is 5.69 Å². The van der Waals surface area contributed by atoms with Crippen LogP contribution in [0, 0.1) is 5.92 Å². The van der Waals surface area contributed by atoms with E-state index in [1.165, 1.54) is 5.69 Å². The van der Waals surface area contributed by atoms with Crippen molar-refractivity contribution in [1.82, 2.24) is 20.4 Å². The fourth-order valence-corrected chi connectivity index (χ4v) is 5.79. The van der Waals surface area contributed by atoms with E-state index in [1.54, 1.807) is 0 Å². The maximum absolute atomic E-state index is 13.4. The van der Waals surface area contributed by atoms with Crippen LogP contribution in [-0.4, -0.2) is 66.4 Å². The van der Waals surface area contributed by atoms with E-state index < -0.39 is 0 Å². The van der Waals surface area contributed by atoms with E-state index in [-0.39, 0.29) is 17.9 Å². The van der Waals surface area contributed by atoms with Crippen molar-refractivity contribution in [2.45, 2.75) is 25.9 Å². The normalized spacial score (nSPS) is 17.4. The zero-order chi connectivity index (χ0) is 26.9. The summed E-state index contributed by atoms with van der Waals surface area (Å²) in [6.45, 7) is 10.1. The molecule has 6 rings (SSSR count). The van der Waals surface area contributed by atoms with Crippen molar-refractivity contribution in [2.24, 2.45) is 5.92 Å². The number of rotatable bonds is 7. The van der Waals surface area contributed by atoms with Gasteiger partial charge in [-0.1, -0.05) is 55.8 Å². The van der Waals surface area contributed by atoms with Gasteiger partial charge in [0.15, 0.2) is 0 Å². The molecule has 1 aromatic heterocycles. The fraction of sp³-hybridized carbons (Fsp3) is 0.355. The Morgan fingerprint density at radius 1 is 1.03 bits per heavy atom. The van der Waals surface area contributed by atoms with Crippen LogP contribution >= 0.6 is 11.6 Å². The number of amides is 1. The van der Waals surface area contributed by atoms with Crippen LogP contribution in [0.15, 0.2) is 66.7 Å². The van der Waals surface area contributed by atoms with Crippen molar-refractivity contribution >= 4 is 34.1 Å². The summed E-state index contributed by atoms with van der Waals surface area (Å²) in [5.74, 6) is 0.0430. The molecule has 1 atom stereocenters. The molecule has 2 aliphatic heterocycles. The predicted molar refractivity (Wildman–Crippen MR) is 156 cm³/mol. The zero-order valence-electron chi connectivity index (χ0n) is 22.4. The minimum absolute atomic E-state index is 0.134. The number of hydrogen-bond acceptors (Lipinski definition) is 5. The van der Waals surface area contributed by atoms with Gasteiger partial charge >= 0.3 is 0 Å². The van der Waals surface area contributed by atoms with Crippen molar-refractivity contribution in [3.63, 3.8) is 0 Å². The van der Waals surface area contributed by atoms with Gasteiger partial charge in [0.2, 0.25) is 0 Å². The standard InChI is InChI=1S/C31H34ClN5O2/c1-20(2)29(25-5-3-4-6-27(25)32)33-31(38)22-9-12-28-26(17-22)30(35-34-28)21-7-10-23(11-8-21)36-13-15-37(16-14-36)24-18-39-19-24/h3-12,17,20,24,29H,13-16,18-19H2,1-2H3,(H,33,38)(H,34,35)/t29-/m0/s1. The van der Waals surface area contributed by atoms with Gasteiger partial charge in [-0.05, 0) is 47.9 Å². The highest BCUT2D eigenvalue weighted by atomic mass is 35.5. The second kappa shape index (κ2) is 11.0. The van der Waals surface area contributed by atoms with Crippen molar-refractivity contribution < 1.29 is 9.53 Å². The second-order valence-corrected chi connectivity index (χ2v) is 11.2. The first-order valence-electron chi connectivity index (χ1n) is 13.7. The van der Waals surface area contributed by atoms with Crippen LogP contribution in [-0.2, 0) is 4.74 Å². The highest BCUT2D eigenvalue weighted by molar-refractivity contribution is 6.31. The van der Waals surface area contributed by atoms with Gasteiger partial charge in [-0.3, -0.25) is 14.8 Å². The Labute approximate surface area is 234 Å². The van der Waals surface area contributed by atoms with Crippen molar-refractivity contribution in [3.05, 3.63) is 82.9 Å². The number of carbonyl (C=O) groups is 1. The molecular weight excluding hydrogens is 510 g/mol. The van der Waals surface area contributed by atoms with Gasteiger partial charge < -0.3 is 15.0 Å². The Balaban J connectivity index is 1.19. The Bertz CT molecular complexity index is 1460. The van der Waals surface area contributed by atoms with E-state index >= 15 is 0 Å². The van der Waals surface area contributed by atoms with Gasteiger partial charge in [-0.2, -0.15) is 5.10 Å². The zero-order valence-corrected chi connectivity index (χ0v) is 23.1. The van der Waals surface area contributed by atoms with Gasteiger partial charge in [-0.15, -0.1) is 0 Å². The molecule has 0 unspecified atom stereocenters. The van der Waals surface area contributed by atoms with E-state index in [4.69, 9.17) is 16.3 Å². The Morgan fingerprint density at radius 2 is 1.77 bits per heavy atom. The van der Waals surface area contributed by atoms with Gasteiger partial charge in [0.1, 0.15) is 0 Å². The molecular formula is C31H34ClN5O2. The van der Waals surface area contributed by atoms with Crippen LogP contribution in [0.5, 0.6) is 0 Å². The molecule has 39 heavy (non-hydrogen) atoms. The highest BCUT2D eigenvalue weighted by Gasteiger charge is 2.29. The van der Waals surface area contributed by atoms with Crippen LogP contribution < -0.4 is 10.2 Å². The summed E-state index contributed by atoms with van der Waals surface area (Å²) in [5.41, 5.74) is 5.49. The van der Waals surface area contributed by atoms with Crippen molar-refractivity contribution in [3.8, 4) is 11.3 Å². The van der Waals surface area contributed by atoms with Crippen LogP contribution in [0.25, 0.3) is 22.2 Å². The molecule has 3 aromatic carbocycles. The number of piperazine rings is 1. The van der Waals surface area contributed by atoms with Gasteiger partial charge in [-0.25, -0.2) is 0 Å². The molecule has 2 saturated heterocycles. The molecule has 1 amide bonds. The lowest BCUT2D eigenvalue weighted by Crippen LogP contribution is -2.56. The number of nitrogens with one attached hydrogen (secondary N) is 2. The van der Waals surface area contributed by atoms with E-state index in [0.29, 0.717) is 16.6 Å². The Hall–Kier alpha value is -3.39. The molecule has 8 heteroatoms. The third-order valence-corrected chi connectivity index (χ3v) is 8.32. The first-order chi connectivity index (χ1) is 19.0. The van der Waals surface area contributed by atoms with Gasteiger partial charge in [0.25, 0.3) is 5.91 Å². The van der Waals surface area contributed by atoms with Crippen LogP contribution in [0.3, 0.4) is 0 Å². The summed E-state index contributed by atoms with van der Waals surface area (Å²) in [6, 6.07) is 22.3. The molecule has 0 saturated carbocycles. The topological polar surface area (TPSA) is 73.5 Å². The average molecular weight is 544 g/mol. The number of nitrogens with zero attached hydrogens (tertiary/aromatic N) is 3. The van der Waals surface area contributed by atoms with E-state index in [2.05, 4.69) is 63.4 Å². The maximum atomic E-state index is 13.4. The molecule has 4 aromatic rings. The molecule has 2 N–H and O–H groups in total. The minimum atomic E-state index is -0.192. The molecule has 0 aliphatic carbocycles. The molecule has 0 radical (unpaired) electrons. The lowest BCUT2D eigenvalue weighted by atomic mass is 9.95. The van der Waals surface area contributed by atoms with Crippen molar-refractivity contribution in [2.75, 3.05) is 44.3 Å². The predicted octanol–water partition coefficient (Wildman–Crippen LogP) is 5.53. The van der Waals surface area contributed by atoms with Gasteiger partial charge in [0, 0.05) is 53.4 Å². The van der Waals surface area contributed by atoms with E-state index in [9.17, 15) is 4.79 Å². The summed E-state index contributed by atoms with van der Waals surface area (Å²) in [5, 5.41) is 12.5. The lowest BCUT2D eigenvalue weighted by Gasteiger charge is -2.43. The Kier molecular flexibility index (Phi) is 7.30. The SMILES string of the molecule is CC(C)[C@H](NC(=O)c1ccc2[nH]nc(-c3ccc(N4CCN(C5COC5)CC4)cc3)c2c1)c1ccccc1Cl. The van der Waals surface area contributed by atoms with Gasteiger partial charge in [0.05, 0.1) is 36.5 Å². The average Bonchev–Trinajstić information content (AvgIpc) is 3.35. The number of halogens is 1. The largest absolute Gasteiger partial charge is 0.378 e.